The van der Waals surface area contributed by atoms with Gasteiger partial charge in [-0.15, -0.1) is 0 Å². The second-order valence-corrected chi connectivity index (χ2v) is 10.3. The molecule has 4 rings (SSSR count). The zero-order chi connectivity index (χ0) is 24.5. The third-order valence-electron chi connectivity index (χ3n) is 7.85. The molecule has 0 aliphatic heterocycles. The molecule has 188 valence electrons. The smallest absolute Gasteiger partial charge is 0.258 e. The highest BCUT2D eigenvalue weighted by molar-refractivity contribution is 6.05. The highest BCUT2D eigenvalue weighted by atomic mass is 16.2. The lowest BCUT2D eigenvalue weighted by Crippen LogP contribution is -2.33. The van der Waals surface area contributed by atoms with Crippen LogP contribution in [0.2, 0.25) is 0 Å². The summed E-state index contributed by atoms with van der Waals surface area (Å²) >= 11 is 0. The highest BCUT2D eigenvalue weighted by Gasteiger charge is 2.18. The Labute approximate surface area is 210 Å². The number of nitrogens with one attached hydrogen (secondary N) is 1. The number of hydrogen-bond donors (Lipinski definition) is 1. The summed E-state index contributed by atoms with van der Waals surface area (Å²) in [5.74, 6) is 0.621. The SMILES string of the molecule is CN(C(=O)c1ccc(C2CCCCC2)cc1)c1ccc(N(C=O)CCCNC2CCCCC2)cc1. The molecular formula is C30H41N3O2. The van der Waals surface area contributed by atoms with E-state index < -0.39 is 0 Å². The first kappa shape index (κ1) is 25.4. The molecule has 5 nitrogen and oxygen atoms in total. The van der Waals surface area contributed by atoms with Crippen LogP contribution in [0.4, 0.5) is 11.4 Å². The molecule has 0 spiro atoms. The van der Waals surface area contributed by atoms with Gasteiger partial charge < -0.3 is 15.1 Å². The average Bonchev–Trinajstić information content (AvgIpc) is 2.93. The number of carbonyl (C=O) groups is 2. The second-order valence-electron chi connectivity index (χ2n) is 10.3. The van der Waals surface area contributed by atoms with Crippen LogP contribution in [0.15, 0.2) is 48.5 Å². The summed E-state index contributed by atoms with van der Waals surface area (Å²) in [6.07, 6.45) is 14.9. The number of hydrogen-bond acceptors (Lipinski definition) is 3. The summed E-state index contributed by atoms with van der Waals surface area (Å²) in [6.45, 7) is 1.62. The van der Waals surface area contributed by atoms with Crippen LogP contribution in [0.25, 0.3) is 0 Å². The maximum absolute atomic E-state index is 13.1. The van der Waals surface area contributed by atoms with Crippen LogP contribution in [0, 0.1) is 0 Å². The molecule has 2 aliphatic rings. The van der Waals surface area contributed by atoms with Gasteiger partial charge in [-0.1, -0.05) is 50.7 Å². The predicted octanol–water partition coefficient (Wildman–Crippen LogP) is 6.29. The Morgan fingerprint density at radius 2 is 1.46 bits per heavy atom. The van der Waals surface area contributed by atoms with E-state index in [1.807, 2.05) is 36.4 Å². The van der Waals surface area contributed by atoms with Crippen molar-refractivity contribution in [1.82, 2.24) is 5.32 Å². The molecule has 2 amide bonds. The Morgan fingerprint density at radius 3 is 2.09 bits per heavy atom. The molecule has 0 heterocycles. The molecular weight excluding hydrogens is 434 g/mol. The van der Waals surface area contributed by atoms with Gasteiger partial charge in [0.2, 0.25) is 6.41 Å². The molecule has 0 bridgehead atoms. The van der Waals surface area contributed by atoms with Gasteiger partial charge in [0.25, 0.3) is 5.91 Å². The van der Waals surface area contributed by atoms with E-state index in [0.717, 1.165) is 30.8 Å². The van der Waals surface area contributed by atoms with Crippen LogP contribution in [0.5, 0.6) is 0 Å². The quantitative estimate of drug-likeness (QED) is 0.325. The summed E-state index contributed by atoms with van der Waals surface area (Å²) in [7, 11) is 1.81. The van der Waals surface area contributed by atoms with E-state index in [1.54, 1.807) is 16.8 Å². The fourth-order valence-corrected chi connectivity index (χ4v) is 5.62. The fraction of sp³-hybridized carbons (Fsp3) is 0.533. The van der Waals surface area contributed by atoms with E-state index in [2.05, 4.69) is 17.4 Å². The molecule has 0 saturated heterocycles. The van der Waals surface area contributed by atoms with Crippen molar-refractivity contribution in [2.45, 2.75) is 82.6 Å². The van der Waals surface area contributed by atoms with Crippen molar-refractivity contribution in [3.63, 3.8) is 0 Å². The van der Waals surface area contributed by atoms with Crippen molar-refractivity contribution in [2.24, 2.45) is 0 Å². The van der Waals surface area contributed by atoms with Gasteiger partial charge in [0.05, 0.1) is 0 Å². The number of rotatable bonds is 10. The van der Waals surface area contributed by atoms with Crippen molar-refractivity contribution in [3.05, 3.63) is 59.7 Å². The molecule has 0 aromatic heterocycles. The Kier molecular flexibility index (Phi) is 9.35. The monoisotopic (exact) mass is 475 g/mol. The molecule has 2 aromatic carbocycles. The van der Waals surface area contributed by atoms with Crippen LogP contribution >= 0.6 is 0 Å². The van der Waals surface area contributed by atoms with Gasteiger partial charge in [-0.2, -0.15) is 0 Å². The zero-order valence-corrected chi connectivity index (χ0v) is 21.3. The van der Waals surface area contributed by atoms with Crippen LogP contribution < -0.4 is 15.1 Å². The number of nitrogens with zero attached hydrogens (tertiary/aromatic N) is 2. The number of benzene rings is 2. The van der Waals surface area contributed by atoms with E-state index in [0.29, 0.717) is 24.1 Å². The fourth-order valence-electron chi connectivity index (χ4n) is 5.62. The van der Waals surface area contributed by atoms with Crippen molar-refractivity contribution >= 4 is 23.7 Å². The normalized spacial score (nSPS) is 17.2. The number of amides is 2. The van der Waals surface area contributed by atoms with Crippen LogP contribution in [-0.4, -0.2) is 38.5 Å². The number of carbonyl (C=O) groups excluding carboxylic acids is 2. The maximum Gasteiger partial charge on any atom is 0.258 e. The average molecular weight is 476 g/mol. The standard InChI is InChI=1S/C30H41N3O2/c1-32(30(35)26-15-13-25(14-16-26)24-9-4-2-5-10-24)28-17-19-29(20-18-28)33(23-34)22-8-21-31-27-11-6-3-7-12-27/h13-20,23-24,27,31H,2-12,21-22H2,1H3. The molecule has 2 fully saturated rings. The Morgan fingerprint density at radius 1 is 0.857 bits per heavy atom. The van der Waals surface area contributed by atoms with E-state index in [4.69, 9.17) is 0 Å². The molecule has 2 saturated carbocycles. The molecule has 5 heteroatoms. The Bertz CT molecular complexity index is 929. The van der Waals surface area contributed by atoms with Gasteiger partial charge in [0, 0.05) is 36.6 Å². The molecule has 2 aliphatic carbocycles. The lowest BCUT2D eigenvalue weighted by atomic mass is 9.84. The van der Waals surface area contributed by atoms with Gasteiger partial charge in [-0.3, -0.25) is 9.59 Å². The van der Waals surface area contributed by atoms with Gasteiger partial charge in [-0.05, 0) is 86.5 Å². The van der Waals surface area contributed by atoms with Gasteiger partial charge in [0.15, 0.2) is 0 Å². The first-order valence-corrected chi connectivity index (χ1v) is 13.6. The topological polar surface area (TPSA) is 52.7 Å². The van der Waals surface area contributed by atoms with Crippen LogP contribution in [-0.2, 0) is 4.79 Å². The molecule has 2 aromatic rings. The largest absolute Gasteiger partial charge is 0.315 e. The van der Waals surface area contributed by atoms with E-state index >= 15 is 0 Å². The first-order chi connectivity index (χ1) is 17.2. The number of anilines is 2. The summed E-state index contributed by atoms with van der Waals surface area (Å²) < 4.78 is 0. The minimum absolute atomic E-state index is 0.0195. The van der Waals surface area contributed by atoms with Crippen molar-refractivity contribution < 1.29 is 9.59 Å². The summed E-state index contributed by atoms with van der Waals surface area (Å²) in [5.41, 5.74) is 3.74. The summed E-state index contributed by atoms with van der Waals surface area (Å²) in [6, 6.07) is 16.5. The zero-order valence-electron chi connectivity index (χ0n) is 21.3. The third kappa shape index (κ3) is 6.94. The first-order valence-electron chi connectivity index (χ1n) is 13.6. The van der Waals surface area contributed by atoms with Gasteiger partial charge >= 0.3 is 0 Å². The third-order valence-corrected chi connectivity index (χ3v) is 7.85. The lowest BCUT2D eigenvalue weighted by molar-refractivity contribution is -0.107. The molecule has 0 radical (unpaired) electrons. The van der Waals surface area contributed by atoms with Crippen molar-refractivity contribution in [3.8, 4) is 0 Å². The highest BCUT2D eigenvalue weighted by Crippen LogP contribution is 2.32. The van der Waals surface area contributed by atoms with Crippen molar-refractivity contribution in [1.29, 1.82) is 0 Å². The lowest BCUT2D eigenvalue weighted by Gasteiger charge is -2.24. The van der Waals surface area contributed by atoms with E-state index in [-0.39, 0.29) is 5.91 Å². The van der Waals surface area contributed by atoms with E-state index in [1.165, 1.54) is 69.8 Å². The molecule has 1 N–H and O–H groups in total. The molecule has 35 heavy (non-hydrogen) atoms. The maximum atomic E-state index is 13.1. The Balaban J connectivity index is 1.29. The van der Waals surface area contributed by atoms with Gasteiger partial charge in [0.1, 0.15) is 0 Å². The van der Waals surface area contributed by atoms with E-state index in [9.17, 15) is 9.59 Å². The second kappa shape index (κ2) is 12.9. The Hall–Kier alpha value is -2.66. The predicted molar refractivity (Wildman–Crippen MR) is 144 cm³/mol. The molecule has 0 atom stereocenters. The van der Waals surface area contributed by atoms with Crippen molar-refractivity contribution in [2.75, 3.05) is 29.9 Å². The van der Waals surface area contributed by atoms with Gasteiger partial charge in [-0.25, -0.2) is 0 Å². The minimum atomic E-state index is -0.0195. The van der Waals surface area contributed by atoms with Crippen LogP contribution in [0.3, 0.4) is 0 Å². The molecule has 0 unspecified atom stereocenters. The minimum Gasteiger partial charge on any atom is -0.315 e. The van der Waals surface area contributed by atoms with Crippen LogP contribution in [0.1, 0.15) is 92.5 Å². The summed E-state index contributed by atoms with van der Waals surface area (Å²) in [4.78, 5) is 28.2. The summed E-state index contributed by atoms with van der Waals surface area (Å²) in [5, 5.41) is 3.64.